The van der Waals surface area contributed by atoms with Gasteiger partial charge in [-0.2, -0.15) is 0 Å². The molecule has 0 aliphatic heterocycles. The number of hydrogen-bond donors (Lipinski definition) is 2. The van der Waals surface area contributed by atoms with Crippen molar-refractivity contribution in [3.8, 4) is 0 Å². The molecule has 0 radical (unpaired) electrons. The van der Waals surface area contributed by atoms with E-state index in [9.17, 15) is 4.79 Å². The fraction of sp³-hybridized carbons (Fsp3) is 0.909. The Hall–Kier alpha value is -0.570. The summed E-state index contributed by atoms with van der Waals surface area (Å²) in [6.45, 7) is 3.90. The van der Waals surface area contributed by atoms with Gasteiger partial charge in [0.1, 0.15) is 0 Å². The number of carbonyl (C=O) groups is 1. The van der Waals surface area contributed by atoms with Crippen molar-refractivity contribution >= 4 is 5.91 Å². The van der Waals surface area contributed by atoms with Gasteiger partial charge >= 0.3 is 0 Å². The van der Waals surface area contributed by atoms with E-state index in [1.807, 2.05) is 0 Å². The molecule has 2 N–H and O–H groups in total. The van der Waals surface area contributed by atoms with Crippen molar-refractivity contribution in [3.05, 3.63) is 0 Å². The van der Waals surface area contributed by atoms with E-state index in [0.717, 1.165) is 18.8 Å². The van der Waals surface area contributed by atoms with Crippen LogP contribution in [-0.4, -0.2) is 23.2 Å². The first-order valence-electron chi connectivity index (χ1n) is 5.55. The van der Waals surface area contributed by atoms with Gasteiger partial charge in [-0.25, -0.2) is 0 Å². The smallest absolute Gasteiger partial charge is 0.222 e. The predicted molar refractivity (Wildman–Crippen MR) is 55.9 cm³/mol. The third-order valence-corrected chi connectivity index (χ3v) is 2.86. The fourth-order valence-electron chi connectivity index (χ4n) is 1.96. The second kappa shape index (κ2) is 5.35. The second-order valence-corrected chi connectivity index (χ2v) is 4.58. The zero-order chi connectivity index (χ0) is 10.6. The molecule has 0 aromatic rings. The summed E-state index contributed by atoms with van der Waals surface area (Å²) in [5, 5.41) is 12.0. The van der Waals surface area contributed by atoms with Gasteiger partial charge in [-0.1, -0.05) is 6.92 Å². The molecule has 0 saturated heterocycles. The van der Waals surface area contributed by atoms with Gasteiger partial charge in [0.05, 0.1) is 12.5 Å². The van der Waals surface area contributed by atoms with Crippen LogP contribution in [0.2, 0.25) is 0 Å². The highest BCUT2D eigenvalue weighted by molar-refractivity contribution is 5.76. The molecule has 0 bridgehead atoms. The van der Waals surface area contributed by atoms with Crippen LogP contribution in [0.4, 0.5) is 0 Å². The van der Waals surface area contributed by atoms with Crippen LogP contribution in [0.1, 0.15) is 46.0 Å². The van der Waals surface area contributed by atoms with Crippen LogP contribution >= 0.6 is 0 Å². The zero-order valence-corrected chi connectivity index (χ0v) is 9.12. The maximum absolute atomic E-state index is 11.3. The van der Waals surface area contributed by atoms with E-state index in [2.05, 4.69) is 12.2 Å². The van der Waals surface area contributed by atoms with Crippen LogP contribution in [0.15, 0.2) is 0 Å². The van der Waals surface area contributed by atoms with Gasteiger partial charge in [0.25, 0.3) is 0 Å². The van der Waals surface area contributed by atoms with Crippen molar-refractivity contribution in [2.75, 3.05) is 0 Å². The third kappa shape index (κ3) is 4.09. The van der Waals surface area contributed by atoms with Crippen molar-refractivity contribution in [2.45, 2.75) is 58.1 Å². The molecule has 1 amide bonds. The molecule has 1 aliphatic carbocycles. The van der Waals surface area contributed by atoms with Crippen molar-refractivity contribution in [1.82, 2.24) is 5.32 Å². The zero-order valence-electron chi connectivity index (χ0n) is 9.12. The van der Waals surface area contributed by atoms with Gasteiger partial charge in [0, 0.05) is 6.04 Å². The van der Waals surface area contributed by atoms with Gasteiger partial charge in [-0.15, -0.1) is 0 Å². The molecule has 82 valence electrons. The van der Waals surface area contributed by atoms with Crippen LogP contribution in [0.3, 0.4) is 0 Å². The third-order valence-electron chi connectivity index (χ3n) is 2.86. The highest BCUT2D eigenvalue weighted by Crippen LogP contribution is 2.23. The number of hydrogen-bond acceptors (Lipinski definition) is 2. The van der Waals surface area contributed by atoms with Gasteiger partial charge in [-0.05, 0) is 38.5 Å². The van der Waals surface area contributed by atoms with Gasteiger partial charge in [-0.3, -0.25) is 4.79 Å². The van der Waals surface area contributed by atoms with Crippen LogP contribution in [0.5, 0.6) is 0 Å². The van der Waals surface area contributed by atoms with Gasteiger partial charge in [0.2, 0.25) is 5.91 Å². The van der Waals surface area contributed by atoms with E-state index in [1.54, 1.807) is 6.92 Å². The Morgan fingerprint density at radius 2 is 2.00 bits per heavy atom. The van der Waals surface area contributed by atoms with Gasteiger partial charge < -0.3 is 10.4 Å². The van der Waals surface area contributed by atoms with E-state index in [1.165, 1.54) is 12.8 Å². The van der Waals surface area contributed by atoms with E-state index in [4.69, 9.17) is 5.11 Å². The maximum atomic E-state index is 11.3. The molecule has 14 heavy (non-hydrogen) atoms. The van der Waals surface area contributed by atoms with Crippen LogP contribution in [-0.2, 0) is 4.79 Å². The molecule has 0 heterocycles. The van der Waals surface area contributed by atoms with E-state index in [0.29, 0.717) is 6.04 Å². The largest absolute Gasteiger partial charge is 0.393 e. The first kappa shape index (κ1) is 11.5. The van der Waals surface area contributed by atoms with E-state index >= 15 is 0 Å². The minimum absolute atomic E-state index is 0.0143. The Kier molecular flexibility index (Phi) is 4.39. The molecule has 0 aromatic heterocycles. The van der Waals surface area contributed by atoms with Crippen LogP contribution in [0, 0.1) is 5.92 Å². The van der Waals surface area contributed by atoms with Crippen LogP contribution < -0.4 is 5.32 Å². The van der Waals surface area contributed by atoms with Crippen molar-refractivity contribution in [1.29, 1.82) is 0 Å². The van der Waals surface area contributed by atoms with Crippen molar-refractivity contribution in [2.24, 2.45) is 5.92 Å². The molecule has 1 saturated carbocycles. The summed E-state index contributed by atoms with van der Waals surface area (Å²) >= 11 is 0. The molecule has 1 atom stereocenters. The summed E-state index contributed by atoms with van der Waals surface area (Å²) in [6.07, 6.45) is 4.29. The molecular formula is C11H21NO2. The quantitative estimate of drug-likeness (QED) is 0.723. The Labute approximate surface area is 85.9 Å². The molecule has 0 aromatic carbocycles. The minimum Gasteiger partial charge on any atom is -0.393 e. The lowest BCUT2D eigenvalue weighted by Crippen LogP contribution is -2.38. The normalized spacial score (nSPS) is 29.6. The molecule has 1 rings (SSSR count). The predicted octanol–water partition coefficient (Wildman–Crippen LogP) is 1.45. The molecule has 1 aliphatic rings. The number of nitrogens with one attached hydrogen (secondary N) is 1. The average Bonchev–Trinajstić information content (AvgIpc) is 2.07. The average molecular weight is 199 g/mol. The molecule has 0 spiro atoms. The molecule has 0 unspecified atom stereocenters. The molecular weight excluding hydrogens is 178 g/mol. The summed E-state index contributed by atoms with van der Waals surface area (Å²) < 4.78 is 0. The monoisotopic (exact) mass is 199 g/mol. The summed E-state index contributed by atoms with van der Waals surface area (Å²) in [4.78, 5) is 11.3. The minimum atomic E-state index is -0.530. The molecule has 3 nitrogen and oxygen atoms in total. The first-order valence-corrected chi connectivity index (χ1v) is 5.55. The van der Waals surface area contributed by atoms with E-state index < -0.39 is 6.10 Å². The van der Waals surface area contributed by atoms with Crippen molar-refractivity contribution < 1.29 is 9.90 Å². The standard InChI is InChI=1S/C11H21NO2/c1-8-3-5-10(6-4-8)12-11(14)7-9(2)13/h8-10,13H,3-7H2,1-2H3,(H,12,14)/t8-,9-,10-/m0/s1. The lowest BCUT2D eigenvalue weighted by molar-refractivity contribution is -0.123. The summed E-state index contributed by atoms with van der Waals surface area (Å²) in [5.74, 6) is 0.791. The summed E-state index contributed by atoms with van der Waals surface area (Å²) in [6, 6.07) is 0.345. The molecule has 1 fully saturated rings. The van der Waals surface area contributed by atoms with Gasteiger partial charge in [0.15, 0.2) is 0 Å². The number of carbonyl (C=O) groups excluding carboxylic acids is 1. The topological polar surface area (TPSA) is 49.3 Å². The molecule has 3 heteroatoms. The number of rotatable bonds is 3. The number of aliphatic hydroxyl groups excluding tert-OH is 1. The summed E-state index contributed by atoms with van der Waals surface area (Å²) in [5.41, 5.74) is 0. The maximum Gasteiger partial charge on any atom is 0.222 e. The summed E-state index contributed by atoms with van der Waals surface area (Å²) in [7, 11) is 0. The second-order valence-electron chi connectivity index (χ2n) is 4.58. The Bertz CT molecular complexity index is 184. The fourth-order valence-corrected chi connectivity index (χ4v) is 1.96. The Balaban J connectivity index is 2.20. The Morgan fingerprint density at radius 1 is 1.43 bits per heavy atom. The SMILES string of the molecule is C[C@H](O)CC(=O)N[C@H]1CC[C@H](C)CC1. The number of amides is 1. The van der Waals surface area contributed by atoms with E-state index in [-0.39, 0.29) is 12.3 Å². The lowest BCUT2D eigenvalue weighted by Gasteiger charge is -2.27. The lowest BCUT2D eigenvalue weighted by atomic mass is 9.87. The highest BCUT2D eigenvalue weighted by atomic mass is 16.3. The number of aliphatic hydroxyl groups is 1. The highest BCUT2D eigenvalue weighted by Gasteiger charge is 2.19. The first-order chi connectivity index (χ1) is 6.58. The Morgan fingerprint density at radius 3 is 2.50 bits per heavy atom. The van der Waals surface area contributed by atoms with Crippen molar-refractivity contribution in [3.63, 3.8) is 0 Å². The van der Waals surface area contributed by atoms with Crippen LogP contribution in [0.25, 0.3) is 0 Å².